The van der Waals surface area contributed by atoms with E-state index in [1.165, 1.54) is 12.8 Å². The molecule has 0 saturated heterocycles. The highest BCUT2D eigenvalue weighted by Crippen LogP contribution is 1.97. The van der Waals surface area contributed by atoms with Crippen molar-refractivity contribution in [3.05, 3.63) is 0 Å². The normalized spacial score (nSPS) is 12.7. The number of nitrogens with one attached hydrogen (secondary N) is 1. The zero-order chi connectivity index (χ0) is 7.11. The van der Waals surface area contributed by atoms with Gasteiger partial charge in [-0.2, -0.15) is 0 Å². The Morgan fingerprint density at radius 1 is 1.67 bits per heavy atom. The van der Waals surface area contributed by atoms with Crippen LogP contribution < -0.4 is 5.32 Å². The third kappa shape index (κ3) is 5.34. The second kappa shape index (κ2) is 5.60. The first kappa shape index (κ1) is 8.47. The minimum Gasteiger partial charge on any atom is -0.356 e. The van der Waals surface area contributed by atoms with Crippen molar-refractivity contribution >= 4 is 6.41 Å². The summed E-state index contributed by atoms with van der Waals surface area (Å²) in [5, 5.41) is 2.70. The second-order valence-electron chi connectivity index (χ2n) is 2.33. The monoisotopic (exact) mass is 129 g/mol. The quantitative estimate of drug-likeness (QED) is 0.557. The highest BCUT2D eigenvalue weighted by Gasteiger charge is 1.95. The molecule has 54 valence electrons. The van der Waals surface area contributed by atoms with E-state index in [9.17, 15) is 4.79 Å². The molecule has 1 amide bonds. The zero-order valence-corrected chi connectivity index (χ0v) is 6.18. The maximum Gasteiger partial charge on any atom is 0.207 e. The molecule has 0 fully saturated rings. The lowest BCUT2D eigenvalue weighted by molar-refractivity contribution is -0.110. The van der Waals surface area contributed by atoms with Crippen LogP contribution in [0.5, 0.6) is 0 Å². The van der Waals surface area contributed by atoms with Gasteiger partial charge in [0.05, 0.1) is 0 Å². The van der Waals surface area contributed by atoms with Crippen LogP contribution in [0.3, 0.4) is 0 Å². The lowest BCUT2D eigenvalue weighted by Crippen LogP contribution is -2.23. The highest BCUT2D eigenvalue weighted by molar-refractivity contribution is 5.46. The Balaban J connectivity index is 3.04. The molecule has 2 heteroatoms. The van der Waals surface area contributed by atoms with Gasteiger partial charge in [0.1, 0.15) is 0 Å². The van der Waals surface area contributed by atoms with Crippen molar-refractivity contribution < 1.29 is 4.79 Å². The van der Waals surface area contributed by atoms with E-state index >= 15 is 0 Å². The standard InChI is InChI=1S/C7H15NO/c1-3-4-5-7(2)8-6-9/h6-7H,3-5H2,1-2H3,(H,8,9)/t7-/m1/s1. The topological polar surface area (TPSA) is 29.1 Å². The molecular formula is C7H15NO. The van der Waals surface area contributed by atoms with Crippen molar-refractivity contribution in [2.45, 2.75) is 39.2 Å². The van der Waals surface area contributed by atoms with E-state index in [4.69, 9.17) is 0 Å². The molecule has 0 aliphatic rings. The molecule has 0 rings (SSSR count). The molecule has 9 heavy (non-hydrogen) atoms. The first-order chi connectivity index (χ1) is 4.31. The summed E-state index contributed by atoms with van der Waals surface area (Å²) in [4.78, 5) is 9.87. The molecule has 0 aromatic rings. The van der Waals surface area contributed by atoms with Gasteiger partial charge in [-0.25, -0.2) is 0 Å². The fourth-order valence-corrected chi connectivity index (χ4v) is 0.710. The average molecular weight is 129 g/mol. The number of carbonyl (C=O) groups is 1. The van der Waals surface area contributed by atoms with E-state index in [0.29, 0.717) is 6.04 Å². The van der Waals surface area contributed by atoms with Crippen LogP contribution in [0, 0.1) is 0 Å². The number of amides is 1. The summed E-state index contributed by atoms with van der Waals surface area (Å²) in [7, 11) is 0. The lowest BCUT2D eigenvalue weighted by Gasteiger charge is -2.07. The Morgan fingerprint density at radius 2 is 2.33 bits per heavy atom. The summed E-state index contributed by atoms with van der Waals surface area (Å²) in [5.41, 5.74) is 0. The van der Waals surface area contributed by atoms with Crippen LogP contribution in [-0.2, 0) is 4.79 Å². The molecule has 0 aromatic carbocycles. The van der Waals surface area contributed by atoms with Crippen molar-refractivity contribution in [1.82, 2.24) is 5.32 Å². The van der Waals surface area contributed by atoms with E-state index in [0.717, 1.165) is 12.8 Å². The first-order valence-electron chi connectivity index (χ1n) is 3.51. The molecule has 2 nitrogen and oxygen atoms in total. The van der Waals surface area contributed by atoms with Crippen molar-refractivity contribution in [3.63, 3.8) is 0 Å². The number of unbranched alkanes of at least 4 members (excludes halogenated alkanes) is 1. The summed E-state index contributed by atoms with van der Waals surface area (Å²) in [6.07, 6.45) is 4.25. The summed E-state index contributed by atoms with van der Waals surface area (Å²) in [6.45, 7) is 4.16. The molecule has 0 radical (unpaired) electrons. The van der Waals surface area contributed by atoms with E-state index < -0.39 is 0 Å². The average Bonchev–Trinajstić information content (AvgIpc) is 1.85. The summed E-state index contributed by atoms with van der Waals surface area (Å²) >= 11 is 0. The first-order valence-corrected chi connectivity index (χ1v) is 3.51. The Kier molecular flexibility index (Phi) is 5.27. The molecular weight excluding hydrogens is 114 g/mol. The summed E-state index contributed by atoms with van der Waals surface area (Å²) in [5.74, 6) is 0. The van der Waals surface area contributed by atoms with Gasteiger partial charge in [0, 0.05) is 6.04 Å². The minimum atomic E-state index is 0.349. The zero-order valence-electron chi connectivity index (χ0n) is 6.18. The van der Waals surface area contributed by atoms with E-state index in [-0.39, 0.29) is 0 Å². The van der Waals surface area contributed by atoms with Crippen LogP contribution in [0.1, 0.15) is 33.1 Å². The van der Waals surface area contributed by atoms with Gasteiger partial charge in [0.2, 0.25) is 6.41 Å². The molecule has 0 spiro atoms. The lowest BCUT2D eigenvalue weighted by atomic mass is 10.1. The van der Waals surface area contributed by atoms with Gasteiger partial charge in [-0.05, 0) is 13.3 Å². The second-order valence-corrected chi connectivity index (χ2v) is 2.33. The van der Waals surface area contributed by atoms with Crippen molar-refractivity contribution in [3.8, 4) is 0 Å². The molecule has 0 aliphatic carbocycles. The summed E-state index contributed by atoms with van der Waals surface area (Å²) < 4.78 is 0. The Morgan fingerprint density at radius 3 is 2.78 bits per heavy atom. The Hall–Kier alpha value is -0.530. The molecule has 1 atom stereocenters. The molecule has 0 saturated carbocycles. The van der Waals surface area contributed by atoms with E-state index in [1.54, 1.807) is 0 Å². The fourth-order valence-electron chi connectivity index (χ4n) is 0.710. The molecule has 0 heterocycles. The summed E-state index contributed by atoms with van der Waals surface area (Å²) in [6, 6.07) is 0.349. The highest BCUT2D eigenvalue weighted by atomic mass is 16.1. The minimum absolute atomic E-state index is 0.349. The smallest absolute Gasteiger partial charge is 0.207 e. The third-order valence-electron chi connectivity index (χ3n) is 1.34. The van der Waals surface area contributed by atoms with Crippen molar-refractivity contribution in [1.29, 1.82) is 0 Å². The number of rotatable bonds is 5. The largest absolute Gasteiger partial charge is 0.356 e. The van der Waals surface area contributed by atoms with Crippen molar-refractivity contribution in [2.24, 2.45) is 0 Å². The van der Waals surface area contributed by atoms with Crippen LogP contribution >= 0.6 is 0 Å². The maximum atomic E-state index is 9.87. The van der Waals surface area contributed by atoms with Gasteiger partial charge < -0.3 is 5.32 Å². The fraction of sp³-hybridized carbons (Fsp3) is 0.857. The van der Waals surface area contributed by atoms with Gasteiger partial charge in [-0.1, -0.05) is 19.8 Å². The van der Waals surface area contributed by atoms with Crippen molar-refractivity contribution in [2.75, 3.05) is 0 Å². The Bertz CT molecular complexity index is 73.3. The van der Waals surface area contributed by atoms with Gasteiger partial charge in [0.25, 0.3) is 0 Å². The van der Waals surface area contributed by atoms with E-state index in [1.807, 2.05) is 6.92 Å². The predicted octanol–water partition coefficient (Wildman–Crippen LogP) is 1.31. The van der Waals surface area contributed by atoms with Crippen LogP contribution in [0.15, 0.2) is 0 Å². The number of carbonyl (C=O) groups excluding carboxylic acids is 1. The van der Waals surface area contributed by atoms with Gasteiger partial charge in [-0.3, -0.25) is 4.79 Å². The predicted molar refractivity (Wildman–Crippen MR) is 38.2 cm³/mol. The molecule has 0 aromatic heterocycles. The van der Waals surface area contributed by atoms with E-state index in [2.05, 4.69) is 12.2 Å². The SMILES string of the molecule is CCCC[C@@H](C)NC=O. The molecule has 0 aliphatic heterocycles. The number of hydrogen-bond acceptors (Lipinski definition) is 1. The Labute approximate surface area is 56.6 Å². The van der Waals surface area contributed by atoms with Crippen LogP contribution in [0.25, 0.3) is 0 Å². The van der Waals surface area contributed by atoms with Gasteiger partial charge in [-0.15, -0.1) is 0 Å². The van der Waals surface area contributed by atoms with Gasteiger partial charge >= 0.3 is 0 Å². The molecule has 0 bridgehead atoms. The van der Waals surface area contributed by atoms with Crippen LogP contribution in [-0.4, -0.2) is 12.5 Å². The molecule has 0 unspecified atom stereocenters. The third-order valence-corrected chi connectivity index (χ3v) is 1.34. The maximum absolute atomic E-state index is 9.87. The van der Waals surface area contributed by atoms with Gasteiger partial charge in [0.15, 0.2) is 0 Å². The van der Waals surface area contributed by atoms with Crippen LogP contribution in [0.4, 0.5) is 0 Å². The molecule has 1 N–H and O–H groups in total. The number of hydrogen-bond donors (Lipinski definition) is 1. The van der Waals surface area contributed by atoms with Crippen LogP contribution in [0.2, 0.25) is 0 Å².